The highest BCUT2D eigenvalue weighted by atomic mass is 79.9. The molecule has 0 bridgehead atoms. The highest BCUT2D eigenvalue weighted by Gasteiger charge is 2.37. The van der Waals surface area contributed by atoms with Crippen LogP contribution in [-0.4, -0.2) is 5.11 Å². The molecule has 1 N–H and O–H groups in total. The maximum absolute atomic E-state index is 10.2. The normalized spacial score (nSPS) is 24.9. The third kappa shape index (κ3) is 2.09. The Morgan fingerprint density at radius 1 is 1.47 bits per heavy atom. The standard InChI is InChI=1S/C13H13BrO2S/c1-7-6-8(7)10-2-3-11(16-10)12(15)13-9(14)4-5-17-13/h2-5,7-8,12,15H,6H2,1H3. The largest absolute Gasteiger partial charge is 0.463 e. The molecule has 1 saturated carbocycles. The van der Waals surface area contributed by atoms with E-state index in [0.717, 1.165) is 21.0 Å². The average Bonchev–Trinajstić information content (AvgIpc) is 2.76. The first kappa shape index (κ1) is 11.5. The van der Waals surface area contributed by atoms with E-state index < -0.39 is 6.10 Å². The maximum Gasteiger partial charge on any atom is 0.147 e. The second-order valence-corrected chi connectivity index (χ2v) is 6.40. The zero-order valence-corrected chi connectivity index (χ0v) is 11.8. The summed E-state index contributed by atoms with van der Waals surface area (Å²) in [6.45, 7) is 2.22. The number of thiophene rings is 1. The summed E-state index contributed by atoms with van der Waals surface area (Å²) >= 11 is 4.96. The Bertz CT molecular complexity index is 531. The molecule has 0 aliphatic heterocycles. The van der Waals surface area contributed by atoms with Crippen LogP contribution in [0.15, 0.2) is 32.5 Å². The number of hydrogen-bond acceptors (Lipinski definition) is 3. The molecule has 2 aromatic heterocycles. The topological polar surface area (TPSA) is 33.4 Å². The van der Waals surface area contributed by atoms with Gasteiger partial charge in [0.05, 0.1) is 4.88 Å². The summed E-state index contributed by atoms with van der Waals surface area (Å²) in [5.41, 5.74) is 0. The first-order valence-electron chi connectivity index (χ1n) is 5.67. The molecule has 1 aliphatic carbocycles. The predicted molar refractivity (Wildman–Crippen MR) is 71.3 cm³/mol. The highest BCUT2D eigenvalue weighted by Crippen LogP contribution is 2.48. The minimum absolute atomic E-state index is 0.558. The summed E-state index contributed by atoms with van der Waals surface area (Å²) < 4.78 is 6.69. The number of aliphatic hydroxyl groups is 1. The lowest BCUT2D eigenvalue weighted by Crippen LogP contribution is -1.95. The van der Waals surface area contributed by atoms with Crippen molar-refractivity contribution in [1.29, 1.82) is 0 Å². The minimum Gasteiger partial charge on any atom is -0.463 e. The van der Waals surface area contributed by atoms with Gasteiger partial charge in [-0.05, 0) is 51.8 Å². The third-order valence-corrected chi connectivity index (χ3v) is 5.21. The van der Waals surface area contributed by atoms with E-state index >= 15 is 0 Å². The summed E-state index contributed by atoms with van der Waals surface area (Å²) in [4.78, 5) is 0.898. The van der Waals surface area contributed by atoms with E-state index in [1.54, 1.807) is 0 Å². The van der Waals surface area contributed by atoms with Gasteiger partial charge < -0.3 is 9.52 Å². The average molecular weight is 313 g/mol. The Labute approximate surface area is 112 Å². The van der Waals surface area contributed by atoms with Crippen LogP contribution in [0.2, 0.25) is 0 Å². The Morgan fingerprint density at radius 3 is 2.82 bits per heavy atom. The first-order chi connectivity index (χ1) is 8.16. The zero-order chi connectivity index (χ0) is 12.0. The fourth-order valence-electron chi connectivity index (χ4n) is 2.06. The molecular weight excluding hydrogens is 300 g/mol. The van der Waals surface area contributed by atoms with Gasteiger partial charge in [-0.1, -0.05) is 6.92 Å². The minimum atomic E-state index is -0.660. The van der Waals surface area contributed by atoms with E-state index in [-0.39, 0.29) is 0 Å². The summed E-state index contributed by atoms with van der Waals surface area (Å²) in [7, 11) is 0. The Balaban J connectivity index is 1.84. The SMILES string of the molecule is CC1CC1c1ccc(C(O)c2sccc2Br)o1. The van der Waals surface area contributed by atoms with Gasteiger partial charge in [0.25, 0.3) is 0 Å². The second kappa shape index (κ2) is 4.26. The number of halogens is 1. The van der Waals surface area contributed by atoms with Gasteiger partial charge in [0, 0.05) is 10.4 Å². The summed E-state index contributed by atoms with van der Waals surface area (Å²) in [6, 6.07) is 5.82. The van der Waals surface area contributed by atoms with Gasteiger partial charge in [0.2, 0.25) is 0 Å². The summed E-state index contributed by atoms with van der Waals surface area (Å²) in [5.74, 6) is 2.93. The molecule has 0 saturated heterocycles. The van der Waals surface area contributed by atoms with Crippen LogP contribution in [0.25, 0.3) is 0 Å². The van der Waals surface area contributed by atoms with Crippen LogP contribution in [0, 0.1) is 5.92 Å². The predicted octanol–water partition coefficient (Wildman–Crippen LogP) is 4.31. The van der Waals surface area contributed by atoms with Gasteiger partial charge in [-0.25, -0.2) is 0 Å². The zero-order valence-electron chi connectivity index (χ0n) is 9.39. The van der Waals surface area contributed by atoms with Crippen LogP contribution in [0.4, 0.5) is 0 Å². The smallest absolute Gasteiger partial charge is 0.147 e. The molecule has 1 fully saturated rings. The van der Waals surface area contributed by atoms with Gasteiger partial charge in [-0.3, -0.25) is 0 Å². The molecule has 2 heterocycles. The summed E-state index contributed by atoms with van der Waals surface area (Å²) in [6.07, 6.45) is 0.540. The lowest BCUT2D eigenvalue weighted by atomic mass is 10.2. The number of hydrogen-bond donors (Lipinski definition) is 1. The molecule has 0 radical (unpaired) electrons. The van der Waals surface area contributed by atoms with Crippen LogP contribution in [0.3, 0.4) is 0 Å². The molecule has 3 unspecified atom stereocenters. The Hall–Kier alpha value is -0.580. The summed E-state index contributed by atoms with van der Waals surface area (Å²) in [5, 5.41) is 12.2. The Morgan fingerprint density at radius 2 is 2.24 bits per heavy atom. The van der Waals surface area contributed by atoms with E-state index in [0.29, 0.717) is 11.7 Å². The molecule has 1 aliphatic rings. The van der Waals surface area contributed by atoms with Crippen molar-refractivity contribution in [2.75, 3.05) is 0 Å². The molecule has 0 amide bonds. The van der Waals surface area contributed by atoms with Crippen molar-refractivity contribution < 1.29 is 9.52 Å². The lowest BCUT2D eigenvalue weighted by molar-refractivity contribution is 0.189. The van der Waals surface area contributed by atoms with Gasteiger partial charge in [0.15, 0.2) is 0 Å². The van der Waals surface area contributed by atoms with Gasteiger partial charge >= 0.3 is 0 Å². The van der Waals surface area contributed by atoms with E-state index in [4.69, 9.17) is 4.42 Å². The molecule has 4 heteroatoms. The van der Waals surface area contributed by atoms with E-state index in [1.807, 2.05) is 23.6 Å². The molecule has 90 valence electrons. The van der Waals surface area contributed by atoms with Crippen LogP contribution < -0.4 is 0 Å². The van der Waals surface area contributed by atoms with Gasteiger partial charge in [-0.2, -0.15) is 0 Å². The van der Waals surface area contributed by atoms with Crippen molar-refractivity contribution in [3.63, 3.8) is 0 Å². The van der Waals surface area contributed by atoms with Crippen molar-refractivity contribution >= 4 is 27.3 Å². The molecule has 2 aromatic rings. The van der Waals surface area contributed by atoms with Gasteiger partial charge in [-0.15, -0.1) is 11.3 Å². The molecule has 0 spiro atoms. The highest BCUT2D eigenvalue weighted by molar-refractivity contribution is 9.10. The van der Waals surface area contributed by atoms with Crippen LogP contribution in [-0.2, 0) is 0 Å². The van der Waals surface area contributed by atoms with Crippen molar-refractivity contribution in [2.45, 2.75) is 25.4 Å². The Kier molecular flexibility index (Phi) is 2.89. The molecule has 3 atom stereocenters. The van der Waals surface area contributed by atoms with Crippen molar-refractivity contribution in [2.24, 2.45) is 5.92 Å². The maximum atomic E-state index is 10.2. The number of furan rings is 1. The monoisotopic (exact) mass is 312 g/mol. The van der Waals surface area contributed by atoms with E-state index in [1.165, 1.54) is 17.8 Å². The van der Waals surface area contributed by atoms with Crippen LogP contribution >= 0.6 is 27.3 Å². The fourth-order valence-corrected chi connectivity index (χ4v) is 3.64. The molecule has 3 rings (SSSR count). The van der Waals surface area contributed by atoms with Crippen molar-refractivity contribution in [3.05, 3.63) is 44.4 Å². The quantitative estimate of drug-likeness (QED) is 0.916. The lowest BCUT2D eigenvalue weighted by Gasteiger charge is -2.05. The molecule has 17 heavy (non-hydrogen) atoms. The molecule has 2 nitrogen and oxygen atoms in total. The molecular formula is C13H13BrO2S. The van der Waals surface area contributed by atoms with Gasteiger partial charge in [0.1, 0.15) is 17.6 Å². The number of aliphatic hydroxyl groups excluding tert-OH is 1. The van der Waals surface area contributed by atoms with E-state index in [9.17, 15) is 5.11 Å². The molecule has 0 aromatic carbocycles. The number of rotatable bonds is 3. The van der Waals surface area contributed by atoms with Crippen LogP contribution in [0.1, 0.15) is 41.8 Å². The first-order valence-corrected chi connectivity index (χ1v) is 7.34. The second-order valence-electron chi connectivity index (χ2n) is 4.59. The van der Waals surface area contributed by atoms with E-state index in [2.05, 4.69) is 22.9 Å². The third-order valence-electron chi connectivity index (χ3n) is 3.29. The van der Waals surface area contributed by atoms with Crippen molar-refractivity contribution in [3.8, 4) is 0 Å². The van der Waals surface area contributed by atoms with Crippen molar-refractivity contribution in [1.82, 2.24) is 0 Å². The fraction of sp³-hybridized carbons (Fsp3) is 0.385. The van der Waals surface area contributed by atoms with Crippen LogP contribution in [0.5, 0.6) is 0 Å².